The summed E-state index contributed by atoms with van der Waals surface area (Å²) in [5, 5.41) is 5.66. The van der Waals surface area contributed by atoms with Crippen molar-refractivity contribution in [1.29, 1.82) is 0 Å². The number of alkyl carbamates (subject to hydrolysis) is 1. The second kappa shape index (κ2) is 10.2. The zero-order valence-electron chi connectivity index (χ0n) is 17.5. The van der Waals surface area contributed by atoms with Gasteiger partial charge in [-0.3, -0.25) is 5.32 Å². The van der Waals surface area contributed by atoms with Crippen LogP contribution in [0.15, 0.2) is 115 Å². The maximum absolute atomic E-state index is 12.5. The lowest BCUT2D eigenvalue weighted by Gasteiger charge is -2.31. The summed E-state index contributed by atoms with van der Waals surface area (Å²) in [6, 6.07) is 31.0. The van der Waals surface area contributed by atoms with E-state index in [0.717, 1.165) is 11.3 Å². The molecule has 4 rings (SSSR count). The summed E-state index contributed by atoms with van der Waals surface area (Å²) in [4.78, 5) is 12.5. The van der Waals surface area contributed by atoms with Crippen molar-refractivity contribution in [2.75, 3.05) is 0 Å². The highest BCUT2D eigenvalue weighted by Gasteiger charge is 2.31. The molecule has 0 radical (unpaired) electrons. The Kier molecular flexibility index (Phi) is 6.96. The number of hydrogen-bond acceptors (Lipinski definition) is 2. The highest BCUT2D eigenvalue weighted by molar-refractivity contribution is 7.73. The molecular formula is C27H26NO2P. The Balaban J connectivity index is 1.48. The van der Waals surface area contributed by atoms with Crippen LogP contribution in [0.25, 0.3) is 0 Å². The number of rotatable bonds is 7. The summed E-state index contributed by atoms with van der Waals surface area (Å²) in [5.74, 6) is 0.121. The van der Waals surface area contributed by atoms with E-state index in [4.69, 9.17) is 4.74 Å². The molecule has 0 aliphatic heterocycles. The fourth-order valence-corrected chi connectivity index (χ4v) is 6.68. The minimum Gasteiger partial charge on any atom is -0.444 e. The van der Waals surface area contributed by atoms with E-state index in [0.29, 0.717) is 5.66 Å². The molecule has 0 heterocycles. The van der Waals surface area contributed by atoms with Gasteiger partial charge in [-0.1, -0.05) is 110 Å². The molecular weight excluding hydrogens is 401 g/mol. The molecule has 3 nitrogen and oxygen atoms in total. The Labute approximate surface area is 185 Å². The van der Waals surface area contributed by atoms with E-state index in [9.17, 15) is 4.79 Å². The van der Waals surface area contributed by atoms with Gasteiger partial charge < -0.3 is 4.74 Å². The van der Waals surface area contributed by atoms with Gasteiger partial charge in [-0.05, 0) is 35.8 Å². The third-order valence-electron chi connectivity index (χ3n) is 5.41. The van der Waals surface area contributed by atoms with Crippen LogP contribution in [0.3, 0.4) is 0 Å². The molecule has 31 heavy (non-hydrogen) atoms. The molecule has 0 saturated carbocycles. The van der Waals surface area contributed by atoms with E-state index in [2.05, 4.69) is 79.0 Å². The van der Waals surface area contributed by atoms with Crippen molar-refractivity contribution in [3.63, 3.8) is 0 Å². The number of ether oxygens (including phenoxy) is 1. The van der Waals surface area contributed by atoms with E-state index in [-0.39, 0.29) is 12.5 Å². The first-order chi connectivity index (χ1) is 15.2. The van der Waals surface area contributed by atoms with Gasteiger partial charge in [-0.25, -0.2) is 4.79 Å². The molecule has 3 aromatic rings. The molecule has 0 spiro atoms. The number of carbonyl (C=O) groups excluding carboxylic acids is 1. The maximum Gasteiger partial charge on any atom is 0.411 e. The predicted octanol–water partition coefficient (Wildman–Crippen LogP) is 5.50. The second-order valence-corrected chi connectivity index (χ2v) is 10.1. The number of nitrogens with one attached hydrogen (secondary N) is 1. The van der Waals surface area contributed by atoms with E-state index >= 15 is 0 Å². The monoisotopic (exact) mass is 427 g/mol. The molecule has 0 aromatic heterocycles. The van der Waals surface area contributed by atoms with Crippen molar-refractivity contribution >= 4 is 24.6 Å². The van der Waals surface area contributed by atoms with Crippen LogP contribution in [0.4, 0.5) is 4.79 Å². The molecule has 1 aliphatic carbocycles. The first kappa shape index (κ1) is 21.1. The van der Waals surface area contributed by atoms with E-state index in [1.54, 1.807) is 0 Å². The largest absolute Gasteiger partial charge is 0.444 e. The molecule has 2 atom stereocenters. The Bertz CT molecular complexity index is 1010. The van der Waals surface area contributed by atoms with Crippen LogP contribution in [-0.2, 0) is 11.3 Å². The van der Waals surface area contributed by atoms with Gasteiger partial charge in [0.1, 0.15) is 6.61 Å². The van der Waals surface area contributed by atoms with Crippen LogP contribution in [0, 0.1) is 5.92 Å². The Morgan fingerprint density at radius 1 is 0.903 bits per heavy atom. The van der Waals surface area contributed by atoms with Crippen LogP contribution >= 0.6 is 7.92 Å². The van der Waals surface area contributed by atoms with Crippen molar-refractivity contribution in [3.8, 4) is 0 Å². The molecule has 0 fully saturated rings. The van der Waals surface area contributed by atoms with Crippen LogP contribution in [0.1, 0.15) is 12.5 Å². The second-order valence-electron chi connectivity index (χ2n) is 7.50. The molecule has 0 saturated heterocycles. The van der Waals surface area contributed by atoms with Crippen LogP contribution in [0.2, 0.25) is 0 Å². The number of carbonyl (C=O) groups is 1. The summed E-state index contributed by atoms with van der Waals surface area (Å²) in [6.07, 6.45) is 5.77. The maximum atomic E-state index is 12.5. The molecule has 1 unspecified atom stereocenters. The van der Waals surface area contributed by atoms with E-state index < -0.39 is 14.0 Å². The molecule has 1 aliphatic rings. The Morgan fingerprint density at radius 3 is 2.03 bits per heavy atom. The lowest BCUT2D eigenvalue weighted by Crippen LogP contribution is -2.32. The Morgan fingerprint density at radius 2 is 1.45 bits per heavy atom. The number of benzene rings is 3. The van der Waals surface area contributed by atoms with Crippen LogP contribution < -0.4 is 15.9 Å². The summed E-state index contributed by atoms with van der Waals surface area (Å²) >= 11 is 0. The number of hydrogen-bond donors (Lipinski definition) is 1. The minimum atomic E-state index is -0.603. The summed E-state index contributed by atoms with van der Waals surface area (Å²) in [6.45, 7) is 2.53. The quantitative estimate of drug-likeness (QED) is 0.506. The lowest BCUT2D eigenvalue weighted by molar-refractivity contribution is 0.142. The van der Waals surface area contributed by atoms with Gasteiger partial charge in [0.25, 0.3) is 0 Å². The molecule has 156 valence electrons. The standard InChI is InChI=1S/C27H26NO2P/c1-21(31(23-14-7-3-8-15-23)24-16-9-4-10-17-24)25-18-11-19-26(25)28-27(29)30-20-22-12-5-2-6-13-22/h2-19,21,25H,20H2,1H3,(H,28,29)/t21-,25?/m1/s1. The topological polar surface area (TPSA) is 38.3 Å². The SMILES string of the molecule is C[C@H](C1C=CC=C1NC(=O)OCc1ccccc1)P(c1ccccc1)c1ccccc1. The first-order valence-electron chi connectivity index (χ1n) is 10.5. The zero-order chi connectivity index (χ0) is 21.5. The predicted molar refractivity (Wildman–Crippen MR) is 129 cm³/mol. The normalized spacial score (nSPS) is 16.1. The number of allylic oxidation sites excluding steroid dienone is 3. The average Bonchev–Trinajstić information content (AvgIpc) is 3.28. The van der Waals surface area contributed by atoms with Crippen molar-refractivity contribution < 1.29 is 9.53 Å². The van der Waals surface area contributed by atoms with Crippen molar-refractivity contribution in [2.45, 2.75) is 19.2 Å². The van der Waals surface area contributed by atoms with Gasteiger partial charge in [0.05, 0.1) is 0 Å². The minimum absolute atomic E-state index is 0.121. The molecule has 1 amide bonds. The summed E-state index contributed by atoms with van der Waals surface area (Å²) < 4.78 is 5.43. The van der Waals surface area contributed by atoms with Crippen molar-refractivity contribution in [3.05, 3.63) is 120 Å². The smallest absolute Gasteiger partial charge is 0.411 e. The molecule has 0 bridgehead atoms. The summed E-state index contributed by atoms with van der Waals surface area (Å²) in [7, 11) is -0.603. The van der Waals surface area contributed by atoms with Gasteiger partial charge >= 0.3 is 6.09 Å². The first-order valence-corrected chi connectivity index (χ1v) is 11.9. The van der Waals surface area contributed by atoms with Gasteiger partial charge in [0, 0.05) is 11.6 Å². The van der Waals surface area contributed by atoms with E-state index in [1.165, 1.54) is 10.6 Å². The van der Waals surface area contributed by atoms with Crippen LogP contribution in [0.5, 0.6) is 0 Å². The van der Waals surface area contributed by atoms with Crippen molar-refractivity contribution in [1.82, 2.24) is 5.32 Å². The van der Waals surface area contributed by atoms with Crippen LogP contribution in [-0.4, -0.2) is 11.8 Å². The third-order valence-corrected chi connectivity index (χ3v) is 8.25. The fraction of sp³-hybridized carbons (Fsp3) is 0.148. The van der Waals surface area contributed by atoms with Gasteiger partial charge in [0.2, 0.25) is 0 Å². The highest BCUT2D eigenvalue weighted by atomic mass is 31.1. The molecule has 1 N–H and O–H groups in total. The van der Waals surface area contributed by atoms with E-state index in [1.807, 2.05) is 42.5 Å². The molecule has 3 aromatic carbocycles. The van der Waals surface area contributed by atoms with Gasteiger partial charge in [-0.2, -0.15) is 0 Å². The molecule has 4 heteroatoms. The summed E-state index contributed by atoms with van der Waals surface area (Å²) in [5.41, 5.74) is 2.17. The van der Waals surface area contributed by atoms with Crippen molar-refractivity contribution in [2.24, 2.45) is 5.92 Å². The van der Waals surface area contributed by atoms with Gasteiger partial charge in [-0.15, -0.1) is 0 Å². The fourth-order valence-electron chi connectivity index (χ4n) is 3.87. The number of amides is 1. The highest BCUT2D eigenvalue weighted by Crippen LogP contribution is 2.45. The Hall–Kier alpha value is -3.16. The lowest BCUT2D eigenvalue weighted by atomic mass is 10.1. The average molecular weight is 427 g/mol. The zero-order valence-corrected chi connectivity index (χ0v) is 18.4. The third kappa shape index (κ3) is 5.31. The van der Waals surface area contributed by atoms with Gasteiger partial charge in [0.15, 0.2) is 0 Å².